The van der Waals surface area contributed by atoms with E-state index in [1.54, 1.807) is 6.08 Å². The molecule has 60 heavy (non-hydrogen) atoms. The van der Waals surface area contributed by atoms with E-state index in [4.69, 9.17) is 23.7 Å². The van der Waals surface area contributed by atoms with Crippen molar-refractivity contribution in [2.24, 2.45) is 0 Å². The van der Waals surface area contributed by atoms with Crippen molar-refractivity contribution in [3.8, 4) is 5.75 Å². The van der Waals surface area contributed by atoms with Gasteiger partial charge in [-0.2, -0.15) is 13.2 Å². The van der Waals surface area contributed by atoms with Crippen molar-refractivity contribution in [2.45, 2.75) is 193 Å². The Morgan fingerprint density at radius 2 is 1.52 bits per heavy atom. The Hall–Kier alpha value is -3.75. The first-order valence-electron chi connectivity index (χ1n) is 21.3. The Morgan fingerprint density at radius 1 is 0.950 bits per heavy atom. The smallest absolute Gasteiger partial charge is 0.446 e. The number of likely N-dealkylation sites (tertiary alicyclic amines) is 1. The molecule has 3 aliphatic rings. The number of likely N-dealkylation sites (N-methyl/N-ethyl adjacent to an activating group) is 1. The van der Waals surface area contributed by atoms with Crippen molar-refractivity contribution in [1.29, 1.82) is 0 Å². The molecule has 2 N–H and O–H groups in total. The highest BCUT2D eigenvalue weighted by atomic mass is 19.4. The number of aliphatic hydroxyl groups is 2. The zero-order valence-corrected chi connectivity index (χ0v) is 35.7. The molecular weight excluding hydrogens is 783 g/mol. The summed E-state index contributed by atoms with van der Waals surface area (Å²) in [6.07, 6.45) is 13.4. The summed E-state index contributed by atoms with van der Waals surface area (Å²) in [4.78, 5) is 49.4. The topological polar surface area (TPSA) is 149 Å². The molecule has 14 heteroatoms. The number of aliphatic hydroxyl groups excluding tert-OH is 1. The van der Waals surface area contributed by atoms with Crippen molar-refractivity contribution < 1.29 is 61.5 Å². The Morgan fingerprint density at radius 3 is 2.10 bits per heavy atom. The van der Waals surface area contributed by atoms with Gasteiger partial charge in [-0.1, -0.05) is 90.0 Å². The van der Waals surface area contributed by atoms with Crippen LogP contribution < -0.4 is 4.74 Å². The monoisotopic (exact) mass is 853 g/mol. The Balaban J connectivity index is 0.00000165. The quantitative estimate of drug-likeness (QED) is 0.0401. The third-order valence-electron chi connectivity index (χ3n) is 11.9. The second kappa shape index (κ2) is 24.6. The summed E-state index contributed by atoms with van der Waals surface area (Å²) in [5.74, 6) is -1.38. The second-order valence-corrected chi connectivity index (χ2v) is 16.1. The number of carbonyl (C=O) groups is 4. The van der Waals surface area contributed by atoms with Crippen LogP contribution in [0.2, 0.25) is 0 Å². The lowest BCUT2D eigenvalue weighted by atomic mass is 9.54. The number of hydrogen-bond acceptors (Lipinski definition) is 11. The normalized spacial score (nSPS) is 22.9. The van der Waals surface area contributed by atoms with Crippen molar-refractivity contribution in [2.75, 3.05) is 13.6 Å². The van der Waals surface area contributed by atoms with Crippen LogP contribution in [0.5, 0.6) is 5.75 Å². The van der Waals surface area contributed by atoms with Gasteiger partial charge in [0.05, 0.1) is 17.6 Å². The molecule has 1 aromatic rings. The fourth-order valence-corrected chi connectivity index (χ4v) is 8.36. The molecule has 1 aliphatic carbocycles. The minimum Gasteiger partial charge on any atom is -0.481 e. The van der Waals surface area contributed by atoms with Crippen LogP contribution in [0, 0.1) is 6.92 Å². The van der Waals surface area contributed by atoms with E-state index in [0.717, 1.165) is 43.2 Å². The summed E-state index contributed by atoms with van der Waals surface area (Å²) in [7, 11) is 1.98. The van der Waals surface area contributed by atoms with Gasteiger partial charge in [0.2, 0.25) is 6.29 Å². The first-order chi connectivity index (χ1) is 28.0. The minimum atomic E-state index is -4.64. The number of aryl methyl sites for hydroxylation is 1. The number of fused-ring (bicyclic) bond motifs is 1. The molecule has 4 rings (SSSR count). The number of unbranched alkanes of at least 4 members (excludes halogenated alkanes) is 11. The first kappa shape index (κ1) is 52.4. The molecule has 340 valence electrons. The zero-order chi connectivity index (χ0) is 43.8. The zero-order valence-electron chi connectivity index (χ0n) is 35.7. The number of halogens is 3. The SMILES string of the molecule is C.CCCCCCCC/C=C\CCCCCCCC(=O)O[C@@H](C)C(=O)O[C@@H](C)C(=O)OC1=CC[C@@]2(O)[C@@H](C)N(C)CC[C@@]23c2c(C)ccc(CO)c2O[C@@H]13.O=CC(F)(F)F. The van der Waals surface area contributed by atoms with E-state index in [1.807, 2.05) is 33.0 Å². The van der Waals surface area contributed by atoms with Gasteiger partial charge in [-0.05, 0) is 91.5 Å². The summed E-state index contributed by atoms with van der Waals surface area (Å²) in [6.45, 7) is 9.46. The number of hydrogen-bond donors (Lipinski definition) is 2. The lowest BCUT2D eigenvalue weighted by Gasteiger charge is -2.58. The maximum atomic E-state index is 13.3. The molecule has 1 spiro atoms. The van der Waals surface area contributed by atoms with E-state index in [0.29, 0.717) is 30.7 Å². The van der Waals surface area contributed by atoms with Gasteiger partial charge in [-0.25, -0.2) is 9.59 Å². The standard InChI is InChI=1S/C43H65NO9.C2HF3O.CH4/c1-7-8-9-10-11-12-13-14-15-16-17-18-19-20-21-22-36(46)50-31(3)40(47)51-32(4)41(48)52-35-25-26-43(49)33(5)44(6)28-27-42(43)37-30(2)23-24-34(29-45)38(37)53-39(35)42;3-2(4,5)1-6;/h14-15,23-25,31-33,39,45,49H,7-13,16-22,26-29H2,1-6H3;1H;1H4/b15-14-;;/t31-,32-,33+,39-,42-,43+;;/m0../s1. The van der Waals surface area contributed by atoms with Crippen molar-refractivity contribution >= 4 is 24.2 Å². The number of nitrogens with zero attached hydrogens (tertiary/aromatic N) is 1. The summed E-state index contributed by atoms with van der Waals surface area (Å²) < 4.78 is 54.3. The lowest BCUT2D eigenvalue weighted by molar-refractivity contribution is -0.178. The number of piperidine rings is 1. The molecular formula is C46H70F3NO10. The van der Waals surface area contributed by atoms with Gasteiger partial charge in [-0.15, -0.1) is 0 Å². The number of alkyl halides is 3. The molecule has 0 aromatic heterocycles. The Labute approximate surface area is 355 Å². The summed E-state index contributed by atoms with van der Waals surface area (Å²) in [5.41, 5.74) is 0.171. The average molecular weight is 854 g/mol. The highest BCUT2D eigenvalue weighted by Gasteiger charge is 2.69. The molecule has 6 atom stereocenters. The van der Waals surface area contributed by atoms with E-state index in [-0.39, 0.29) is 38.7 Å². The van der Waals surface area contributed by atoms with Gasteiger partial charge >= 0.3 is 24.1 Å². The molecule has 1 aromatic carbocycles. The predicted octanol–water partition coefficient (Wildman–Crippen LogP) is 9.06. The van der Waals surface area contributed by atoms with Gasteiger partial charge < -0.3 is 34.1 Å². The third kappa shape index (κ3) is 13.6. The maximum absolute atomic E-state index is 13.3. The molecule has 2 aliphatic heterocycles. The molecule has 1 saturated heterocycles. The fourth-order valence-electron chi connectivity index (χ4n) is 8.36. The number of ether oxygens (including phenoxy) is 4. The second-order valence-electron chi connectivity index (χ2n) is 16.1. The highest BCUT2D eigenvalue weighted by molar-refractivity contribution is 5.83. The van der Waals surface area contributed by atoms with Crippen LogP contribution >= 0.6 is 0 Å². The third-order valence-corrected chi connectivity index (χ3v) is 11.9. The Kier molecular flexibility index (Phi) is 21.5. The molecule has 0 unspecified atom stereocenters. The Bertz CT molecular complexity index is 1610. The predicted molar refractivity (Wildman–Crippen MR) is 223 cm³/mol. The fraction of sp³-hybridized carbons (Fsp3) is 0.696. The number of aldehydes is 1. The van der Waals surface area contributed by atoms with Crippen LogP contribution in [0.3, 0.4) is 0 Å². The van der Waals surface area contributed by atoms with Crippen LogP contribution in [0.4, 0.5) is 13.2 Å². The number of carbonyl (C=O) groups excluding carboxylic acids is 4. The largest absolute Gasteiger partial charge is 0.481 e. The van der Waals surface area contributed by atoms with E-state index in [2.05, 4.69) is 24.0 Å². The number of allylic oxidation sites excluding steroid dienone is 2. The van der Waals surface area contributed by atoms with Gasteiger partial charge in [0.15, 0.2) is 18.3 Å². The van der Waals surface area contributed by atoms with E-state index < -0.39 is 59.7 Å². The number of esters is 3. The van der Waals surface area contributed by atoms with E-state index in [9.17, 15) is 37.8 Å². The molecule has 2 heterocycles. The molecule has 11 nitrogen and oxygen atoms in total. The van der Waals surface area contributed by atoms with Crippen molar-refractivity contribution in [3.63, 3.8) is 0 Å². The van der Waals surface area contributed by atoms with Crippen LogP contribution in [-0.4, -0.2) is 89.0 Å². The first-order valence-corrected chi connectivity index (χ1v) is 21.3. The van der Waals surface area contributed by atoms with E-state index >= 15 is 0 Å². The van der Waals surface area contributed by atoms with Crippen molar-refractivity contribution in [3.05, 3.63) is 52.8 Å². The van der Waals surface area contributed by atoms with Gasteiger partial charge in [0, 0.05) is 30.0 Å². The molecule has 0 saturated carbocycles. The van der Waals surface area contributed by atoms with Crippen molar-refractivity contribution in [1.82, 2.24) is 4.90 Å². The maximum Gasteiger partial charge on any atom is 0.446 e. The molecule has 0 amide bonds. The van der Waals surface area contributed by atoms with Crippen LogP contribution in [-0.2, 0) is 45.4 Å². The summed E-state index contributed by atoms with van der Waals surface area (Å²) >= 11 is 0. The molecule has 1 fully saturated rings. The number of rotatable bonds is 21. The highest BCUT2D eigenvalue weighted by Crippen LogP contribution is 2.61. The van der Waals surface area contributed by atoms with Gasteiger partial charge in [0.1, 0.15) is 11.5 Å². The average Bonchev–Trinajstić information content (AvgIpc) is 3.56. The molecule has 0 bridgehead atoms. The van der Waals surface area contributed by atoms with Gasteiger partial charge in [0.25, 0.3) is 0 Å². The number of benzene rings is 1. The summed E-state index contributed by atoms with van der Waals surface area (Å²) in [5, 5.41) is 22.6. The summed E-state index contributed by atoms with van der Waals surface area (Å²) in [6, 6.07) is 3.50. The van der Waals surface area contributed by atoms with Crippen LogP contribution in [0.25, 0.3) is 0 Å². The lowest BCUT2D eigenvalue weighted by Crippen LogP contribution is -2.71. The minimum absolute atomic E-state index is 0. The van der Waals surface area contributed by atoms with Crippen LogP contribution in [0.15, 0.2) is 36.1 Å². The van der Waals surface area contributed by atoms with Gasteiger partial charge in [-0.3, -0.25) is 9.59 Å². The van der Waals surface area contributed by atoms with E-state index in [1.165, 1.54) is 58.8 Å². The van der Waals surface area contributed by atoms with Crippen LogP contribution in [0.1, 0.15) is 155 Å². The molecule has 0 radical (unpaired) electrons.